The Morgan fingerprint density at radius 3 is 2.43 bits per heavy atom. The number of aliphatic hydroxyl groups is 1. The lowest BCUT2D eigenvalue weighted by atomic mass is 9.79. The average Bonchev–Trinajstić information content (AvgIpc) is 2.68. The normalized spacial score (nSPS) is 28.6. The summed E-state index contributed by atoms with van der Waals surface area (Å²) in [7, 11) is 0. The van der Waals surface area contributed by atoms with Crippen LogP contribution in [0.25, 0.3) is 0 Å². The van der Waals surface area contributed by atoms with E-state index < -0.39 is 18.0 Å². The minimum absolute atomic E-state index is 0.0139. The fourth-order valence-electron chi connectivity index (χ4n) is 2.93. The summed E-state index contributed by atoms with van der Waals surface area (Å²) in [4.78, 5) is 25.6. The van der Waals surface area contributed by atoms with Gasteiger partial charge < -0.3 is 15.1 Å². The highest BCUT2D eigenvalue weighted by Crippen LogP contribution is 2.50. The third-order valence-corrected chi connectivity index (χ3v) is 5.26. The number of hydrogen-bond donors (Lipinski definition) is 2. The third kappa shape index (κ3) is 2.97. The number of fused-ring (bicyclic) bond motifs is 1. The van der Waals surface area contributed by atoms with Gasteiger partial charge in [-0.2, -0.15) is 0 Å². The maximum atomic E-state index is 12.0. The predicted molar refractivity (Wildman–Crippen MR) is 83.7 cm³/mol. The molecule has 6 heteroatoms. The van der Waals surface area contributed by atoms with Crippen LogP contribution in [0, 0.1) is 11.8 Å². The van der Waals surface area contributed by atoms with Gasteiger partial charge in [-0.1, -0.05) is 27.7 Å². The van der Waals surface area contributed by atoms with E-state index >= 15 is 0 Å². The van der Waals surface area contributed by atoms with Gasteiger partial charge in [0.25, 0.3) is 0 Å². The SMILES string of the molecule is CC.CCCSC1=C(C(=O)O)N2C(=O)C(C(C)O)C2C1C. The first-order valence-corrected chi connectivity index (χ1v) is 8.51. The second-order valence-electron chi connectivity index (χ2n) is 5.12. The van der Waals surface area contributed by atoms with Gasteiger partial charge in [0.2, 0.25) is 5.91 Å². The molecule has 1 amide bonds. The summed E-state index contributed by atoms with van der Waals surface area (Å²) in [5.41, 5.74) is 0.123. The zero-order chi connectivity index (χ0) is 16.3. The van der Waals surface area contributed by atoms with Crippen LogP contribution in [-0.4, -0.2) is 44.9 Å². The quantitative estimate of drug-likeness (QED) is 0.761. The Labute approximate surface area is 130 Å². The van der Waals surface area contributed by atoms with Crippen LogP contribution in [0.5, 0.6) is 0 Å². The summed E-state index contributed by atoms with van der Waals surface area (Å²) in [6.07, 6.45) is 0.216. The van der Waals surface area contributed by atoms with E-state index in [4.69, 9.17) is 0 Å². The molecule has 0 radical (unpaired) electrons. The molecule has 0 aromatic carbocycles. The standard InChI is InChI=1S/C13H19NO4S.C2H6/c1-4-5-19-11-6(2)9-8(7(3)15)12(16)14(9)10(11)13(17)18;1-2/h6-9,15H,4-5H2,1-3H3,(H,17,18);1-2H3. The topological polar surface area (TPSA) is 77.8 Å². The zero-order valence-corrected chi connectivity index (χ0v) is 14.1. The Balaban J connectivity index is 0.00000106. The summed E-state index contributed by atoms with van der Waals surface area (Å²) < 4.78 is 0. The van der Waals surface area contributed by atoms with Crippen molar-refractivity contribution < 1.29 is 19.8 Å². The second-order valence-corrected chi connectivity index (χ2v) is 6.26. The Bertz CT molecular complexity index is 447. The number of hydrogen-bond acceptors (Lipinski definition) is 4. The van der Waals surface area contributed by atoms with E-state index in [2.05, 4.69) is 0 Å². The molecular weight excluding hydrogens is 290 g/mol. The molecule has 0 aromatic rings. The molecule has 4 unspecified atom stereocenters. The smallest absolute Gasteiger partial charge is 0.353 e. The van der Waals surface area contributed by atoms with Crippen molar-refractivity contribution in [3.8, 4) is 0 Å². The number of rotatable bonds is 5. The number of carbonyl (C=O) groups excluding carboxylic acids is 1. The highest BCUT2D eigenvalue weighted by Gasteiger charge is 2.59. The molecule has 2 rings (SSSR count). The summed E-state index contributed by atoms with van der Waals surface area (Å²) in [5, 5.41) is 19.0. The highest BCUT2D eigenvalue weighted by molar-refractivity contribution is 8.03. The van der Waals surface area contributed by atoms with E-state index in [1.54, 1.807) is 6.92 Å². The molecule has 2 aliphatic rings. The van der Waals surface area contributed by atoms with Gasteiger partial charge in [-0.3, -0.25) is 4.79 Å². The summed E-state index contributed by atoms with van der Waals surface area (Å²) in [6, 6.07) is -0.196. The molecule has 2 heterocycles. The Hall–Kier alpha value is -1.01. The van der Waals surface area contributed by atoms with Crippen LogP contribution in [-0.2, 0) is 9.59 Å². The lowest BCUT2D eigenvalue weighted by Crippen LogP contribution is -2.63. The highest BCUT2D eigenvalue weighted by atomic mass is 32.2. The maximum Gasteiger partial charge on any atom is 0.353 e. The first kappa shape index (κ1) is 18.0. The number of aliphatic carboxylic acids is 1. The van der Waals surface area contributed by atoms with E-state index in [-0.39, 0.29) is 23.6 Å². The van der Waals surface area contributed by atoms with Crippen LogP contribution >= 0.6 is 11.8 Å². The van der Waals surface area contributed by atoms with E-state index in [0.29, 0.717) is 0 Å². The van der Waals surface area contributed by atoms with Crippen molar-refractivity contribution in [3.63, 3.8) is 0 Å². The molecule has 0 aliphatic carbocycles. The average molecular weight is 315 g/mol. The molecule has 4 atom stereocenters. The first-order chi connectivity index (χ1) is 9.91. The van der Waals surface area contributed by atoms with Crippen LogP contribution in [0.4, 0.5) is 0 Å². The molecular formula is C15H25NO4S. The Morgan fingerprint density at radius 1 is 1.43 bits per heavy atom. The van der Waals surface area contributed by atoms with E-state index in [0.717, 1.165) is 17.1 Å². The molecule has 0 spiro atoms. The number of nitrogens with zero attached hydrogens (tertiary/aromatic N) is 1. The molecule has 2 N–H and O–H groups in total. The van der Waals surface area contributed by atoms with Crippen molar-refractivity contribution in [2.24, 2.45) is 11.8 Å². The van der Waals surface area contributed by atoms with Crippen molar-refractivity contribution in [1.82, 2.24) is 4.90 Å². The van der Waals surface area contributed by atoms with Crippen LogP contribution in [0.15, 0.2) is 10.6 Å². The van der Waals surface area contributed by atoms with Crippen molar-refractivity contribution in [2.45, 2.75) is 53.2 Å². The number of amides is 1. The molecule has 2 aliphatic heterocycles. The Morgan fingerprint density at radius 2 is 2.00 bits per heavy atom. The van der Waals surface area contributed by atoms with Gasteiger partial charge in [0.1, 0.15) is 5.70 Å². The number of carboxylic acids is 1. The third-order valence-electron chi connectivity index (χ3n) is 3.77. The van der Waals surface area contributed by atoms with Crippen molar-refractivity contribution in [3.05, 3.63) is 10.6 Å². The van der Waals surface area contributed by atoms with Crippen LogP contribution in [0.3, 0.4) is 0 Å². The maximum absolute atomic E-state index is 12.0. The monoisotopic (exact) mass is 315 g/mol. The van der Waals surface area contributed by atoms with Gasteiger partial charge >= 0.3 is 5.97 Å². The Kier molecular flexibility index (Phi) is 6.28. The van der Waals surface area contributed by atoms with E-state index in [1.807, 2.05) is 27.7 Å². The van der Waals surface area contributed by atoms with Crippen LogP contribution in [0.2, 0.25) is 0 Å². The number of thioether (sulfide) groups is 1. The summed E-state index contributed by atoms with van der Waals surface area (Å²) >= 11 is 1.52. The van der Waals surface area contributed by atoms with Gasteiger partial charge in [-0.25, -0.2) is 4.79 Å². The van der Waals surface area contributed by atoms with Crippen molar-refractivity contribution in [1.29, 1.82) is 0 Å². The number of aliphatic hydroxyl groups excluding tert-OH is 1. The molecule has 0 bridgehead atoms. The number of β-lactam (4-membered cyclic amide) rings is 1. The molecule has 0 aromatic heterocycles. The van der Waals surface area contributed by atoms with Gasteiger partial charge in [-0.05, 0) is 19.1 Å². The van der Waals surface area contributed by atoms with E-state index in [1.165, 1.54) is 16.7 Å². The summed E-state index contributed by atoms with van der Waals surface area (Å²) in [6.45, 7) is 9.56. The van der Waals surface area contributed by atoms with Crippen LogP contribution in [0.1, 0.15) is 41.0 Å². The fourth-order valence-corrected chi connectivity index (χ4v) is 4.08. The van der Waals surface area contributed by atoms with Gasteiger partial charge in [0.05, 0.1) is 18.1 Å². The van der Waals surface area contributed by atoms with Gasteiger partial charge in [0, 0.05) is 10.8 Å². The van der Waals surface area contributed by atoms with Crippen LogP contribution < -0.4 is 0 Å². The molecule has 1 saturated heterocycles. The van der Waals surface area contributed by atoms with E-state index in [9.17, 15) is 19.8 Å². The molecule has 0 saturated carbocycles. The van der Waals surface area contributed by atoms with Crippen molar-refractivity contribution >= 4 is 23.6 Å². The minimum atomic E-state index is -1.05. The lowest BCUT2D eigenvalue weighted by molar-refractivity contribution is -0.163. The zero-order valence-electron chi connectivity index (χ0n) is 13.3. The summed E-state index contributed by atoms with van der Waals surface area (Å²) in [5.74, 6) is -0.962. The molecule has 1 fully saturated rings. The number of carboxylic acid groups (broad SMARTS) is 1. The lowest BCUT2D eigenvalue weighted by Gasteiger charge is -2.46. The minimum Gasteiger partial charge on any atom is -0.477 e. The second kappa shape index (κ2) is 7.31. The fraction of sp³-hybridized carbons (Fsp3) is 0.733. The molecule has 5 nitrogen and oxygen atoms in total. The predicted octanol–water partition coefficient (Wildman–Crippen LogP) is 2.31. The molecule has 120 valence electrons. The largest absolute Gasteiger partial charge is 0.477 e. The van der Waals surface area contributed by atoms with Gasteiger partial charge in [0.15, 0.2) is 0 Å². The number of carbonyl (C=O) groups is 2. The van der Waals surface area contributed by atoms with Gasteiger partial charge in [-0.15, -0.1) is 11.8 Å². The van der Waals surface area contributed by atoms with Crippen molar-refractivity contribution in [2.75, 3.05) is 5.75 Å². The molecule has 21 heavy (non-hydrogen) atoms. The first-order valence-electron chi connectivity index (χ1n) is 7.53.